The van der Waals surface area contributed by atoms with Crippen molar-refractivity contribution in [2.45, 2.75) is 18.9 Å². The summed E-state index contributed by atoms with van der Waals surface area (Å²) in [6, 6.07) is 19.5. The number of nitrogen functional groups attached to an aromatic ring is 1. The van der Waals surface area contributed by atoms with E-state index >= 15 is 0 Å². The van der Waals surface area contributed by atoms with Gasteiger partial charge in [-0.2, -0.15) is 0 Å². The maximum Gasteiger partial charge on any atom is 0.219 e. The van der Waals surface area contributed by atoms with Gasteiger partial charge in [-0.25, -0.2) is 9.97 Å². The van der Waals surface area contributed by atoms with E-state index in [0.717, 1.165) is 22.1 Å². The van der Waals surface area contributed by atoms with Gasteiger partial charge in [0.1, 0.15) is 6.04 Å². The number of ketones is 1. The topological polar surface area (TPSA) is 81.2 Å². The van der Waals surface area contributed by atoms with Crippen molar-refractivity contribution in [2.24, 2.45) is 4.99 Å². The monoisotopic (exact) mass is 426 g/mol. The Morgan fingerprint density at radius 1 is 0.968 bits per heavy atom. The fourth-order valence-corrected chi connectivity index (χ4v) is 4.14. The number of carbonyl (C=O) groups is 1. The molecule has 0 radical (unpaired) electrons. The molecule has 5 nitrogen and oxygen atoms in total. The number of rotatable bonds is 3. The van der Waals surface area contributed by atoms with Crippen LogP contribution in [0.25, 0.3) is 10.8 Å². The lowest BCUT2D eigenvalue weighted by atomic mass is 9.95. The van der Waals surface area contributed by atoms with E-state index in [0.29, 0.717) is 29.1 Å². The molecule has 1 aromatic heterocycles. The van der Waals surface area contributed by atoms with Crippen LogP contribution in [0, 0.1) is 0 Å². The summed E-state index contributed by atoms with van der Waals surface area (Å²) in [5.41, 5.74) is 9.82. The zero-order chi connectivity index (χ0) is 21.4. The molecular weight excluding hydrogens is 408 g/mol. The highest BCUT2D eigenvalue weighted by molar-refractivity contribution is 6.31. The van der Waals surface area contributed by atoms with Gasteiger partial charge in [0.2, 0.25) is 5.95 Å². The molecule has 2 N–H and O–H groups in total. The molecular formula is C25H19ClN4O. The standard InChI is InChI=1S/C25H19ClN4O/c26-20-8-7-18-11-23(31)22(10-15-5-6-16-3-1-2-4-17(16)9-15)30-24(21(18)12-20)19-13-28-25(27)29-14-19/h1-9,12-14,22H,10-11H2,(H2,27,28,29). The van der Waals surface area contributed by atoms with Gasteiger partial charge in [-0.1, -0.05) is 60.1 Å². The molecule has 152 valence electrons. The van der Waals surface area contributed by atoms with Crippen LogP contribution in [0.1, 0.15) is 22.3 Å². The number of hydrogen-bond acceptors (Lipinski definition) is 5. The minimum Gasteiger partial charge on any atom is -0.368 e. The summed E-state index contributed by atoms with van der Waals surface area (Å²) in [5, 5.41) is 2.90. The number of halogens is 1. The van der Waals surface area contributed by atoms with E-state index in [2.05, 4.69) is 40.3 Å². The highest BCUT2D eigenvalue weighted by Crippen LogP contribution is 2.26. The molecule has 0 amide bonds. The van der Waals surface area contributed by atoms with Gasteiger partial charge in [-0.15, -0.1) is 0 Å². The molecule has 4 aromatic rings. The fourth-order valence-electron chi connectivity index (χ4n) is 3.97. The zero-order valence-electron chi connectivity index (χ0n) is 16.6. The third-order valence-corrected chi connectivity index (χ3v) is 5.77. The number of nitrogens with zero attached hydrogens (tertiary/aromatic N) is 3. The fraction of sp³-hybridized carbons (Fsp3) is 0.120. The number of anilines is 1. The van der Waals surface area contributed by atoms with Crippen LogP contribution < -0.4 is 5.73 Å². The van der Waals surface area contributed by atoms with Gasteiger partial charge in [0, 0.05) is 41.4 Å². The van der Waals surface area contributed by atoms with Crippen LogP contribution in [-0.2, 0) is 17.6 Å². The van der Waals surface area contributed by atoms with Crippen molar-refractivity contribution in [1.29, 1.82) is 0 Å². The molecule has 0 aliphatic carbocycles. The molecule has 0 bridgehead atoms. The average molecular weight is 427 g/mol. The predicted octanol–water partition coefficient (Wildman–Crippen LogP) is 4.44. The van der Waals surface area contributed by atoms with Crippen LogP contribution in [0.5, 0.6) is 0 Å². The Hall–Kier alpha value is -3.57. The number of hydrogen-bond donors (Lipinski definition) is 1. The maximum absolute atomic E-state index is 13.2. The highest BCUT2D eigenvalue weighted by Gasteiger charge is 2.27. The van der Waals surface area contributed by atoms with E-state index in [1.54, 1.807) is 18.5 Å². The lowest BCUT2D eigenvalue weighted by Gasteiger charge is -2.12. The molecule has 1 unspecified atom stereocenters. The normalized spacial score (nSPS) is 16.0. The SMILES string of the molecule is Nc1ncc(C2=NC(Cc3ccc4ccccc4c3)C(=O)Cc3ccc(Cl)cc32)cn1. The van der Waals surface area contributed by atoms with Gasteiger partial charge < -0.3 is 5.73 Å². The Morgan fingerprint density at radius 3 is 2.55 bits per heavy atom. The number of nitrogens with two attached hydrogens (primary N) is 1. The molecule has 0 saturated carbocycles. The second-order valence-corrected chi connectivity index (χ2v) is 8.09. The van der Waals surface area contributed by atoms with Crippen molar-refractivity contribution in [3.05, 3.63) is 100 Å². The van der Waals surface area contributed by atoms with E-state index in [1.165, 1.54) is 5.39 Å². The molecule has 0 saturated heterocycles. The number of aromatic nitrogens is 2. The smallest absolute Gasteiger partial charge is 0.219 e. The summed E-state index contributed by atoms with van der Waals surface area (Å²) in [7, 11) is 0. The summed E-state index contributed by atoms with van der Waals surface area (Å²) < 4.78 is 0. The van der Waals surface area contributed by atoms with Crippen molar-refractivity contribution in [3.8, 4) is 0 Å². The third-order valence-electron chi connectivity index (χ3n) is 5.54. The van der Waals surface area contributed by atoms with E-state index in [9.17, 15) is 4.79 Å². The highest BCUT2D eigenvalue weighted by atomic mass is 35.5. The first-order chi connectivity index (χ1) is 15.1. The van der Waals surface area contributed by atoms with Crippen LogP contribution in [0.2, 0.25) is 5.02 Å². The van der Waals surface area contributed by atoms with Gasteiger partial charge in [0.05, 0.1) is 5.71 Å². The number of fused-ring (bicyclic) bond motifs is 2. The summed E-state index contributed by atoms with van der Waals surface area (Å²) in [6.45, 7) is 0. The van der Waals surface area contributed by atoms with Crippen molar-refractivity contribution < 1.29 is 4.79 Å². The molecule has 31 heavy (non-hydrogen) atoms. The van der Waals surface area contributed by atoms with Gasteiger partial charge in [-0.3, -0.25) is 9.79 Å². The molecule has 1 aliphatic rings. The molecule has 1 aliphatic heterocycles. The van der Waals surface area contributed by atoms with E-state index in [4.69, 9.17) is 22.3 Å². The van der Waals surface area contributed by atoms with Gasteiger partial charge in [-0.05, 0) is 34.0 Å². The molecule has 3 aromatic carbocycles. The minimum absolute atomic E-state index is 0.0723. The number of benzene rings is 3. The van der Waals surface area contributed by atoms with Crippen molar-refractivity contribution in [1.82, 2.24) is 9.97 Å². The summed E-state index contributed by atoms with van der Waals surface area (Å²) >= 11 is 6.27. The number of aliphatic imine (C=N–C) groups is 1. The Morgan fingerprint density at radius 2 is 1.74 bits per heavy atom. The molecule has 2 heterocycles. The Kier molecular flexibility index (Phi) is 4.96. The summed E-state index contributed by atoms with van der Waals surface area (Å²) in [6.07, 6.45) is 4.09. The molecule has 0 spiro atoms. The molecule has 6 heteroatoms. The molecule has 1 atom stereocenters. The number of Topliss-reactive ketones (excluding diaryl/α,β-unsaturated/α-hetero) is 1. The predicted molar refractivity (Wildman–Crippen MR) is 124 cm³/mol. The van der Waals surface area contributed by atoms with Crippen molar-refractivity contribution in [3.63, 3.8) is 0 Å². The molecule has 0 fully saturated rings. The van der Waals surface area contributed by atoms with Crippen LogP contribution in [0.15, 0.2) is 78.0 Å². The number of carbonyl (C=O) groups excluding carboxylic acids is 1. The van der Waals surface area contributed by atoms with Gasteiger partial charge >= 0.3 is 0 Å². The maximum atomic E-state index is 13.2. The van der Waals surface area contributed by atoms with E-state index in [1.807, 2.05) is 24.3 Å². The summed E-state index contributed by atoms with van der Waals surface area (Å²) in [4.78, 5) is 26.3. The Bertz CT molecular complexity index is 1330. The second-order valence-electron chi connectivity index (χ2n) is 7.65. The van der Waals surface area contributed by atoms with Crippen LogP contribution in [0.3, 0.4) is 0 Å². The molecule has 5 rings (SSSR count). The average Bonchev–Trinajstić information content (AvgIpc) is 2.91. The lowest BCUT2D eigenvalue weighted by Crippen LogP contribution is -2.23. The quantitative estimate of drug-likeness (QED) is 0.525. The van der Waals surface area contributed by atoms with Crippen molar-refractivity contribution >= 4 is 39.8 Å². The lowest BCUT2D eigenvalue weighted by molar-refractivity contribution is -0.119. The Balaban J connectivity index is 1.59. The van der Waals surface area contributed by atoms with E-state index in [-0.39, 0.29) is 11.7 Å². The van der Waals surface area contributed by atoms with E-state index < -0.39 is 6.04 Å². The second kappa shape index (κ2) is 7.93. The first kappa shape index (κ1) is 19.4. The van der Waals surface area contributed by atoms with Crippen molar-refractivity contribution in [2.75, 3.05) is 5.73 Å². The van der Waals surface area contributed by atoms with Gasteiger partial charge in [0.25, 0.3) is 0 Å². The van der Waals surface area contributed by atoms with Crippen LogP contribution in [0.4, 0.5) is 5.95 Å². The Labute approximate surface area is 184 Å². The largest absolute Gasteiger partial charge is 0.368 e. The van der Waals surface area contributed by atoms with Gasteiger partial charge in [0.15, 0.2) is 5.78 Å². The van der Waals surface area contributed by atoms with Crippen LogP contribution >= 0.6 is 11.6 Å². The third kappa shape index (κ3) is 3.92. The first-order valence-corrected chi connectivity index (χ1v) is 10.4. The minimum atomic E-state index is -0.514. The zero-order valence-corrected chi connectivity index (χ0v) is 17.4. The summed E-state index contributed by atoms with van der Waals surface area (Å²) in [5.74, 6) is 0.260. The first-order valence-electron chi connectivity index (χ1n) is 10.0. The van der Waals surface area contributed by atoms with Crippen LogP contribution in [-0.4, -0.2) is 27.5 Å².